The van der Waals surface area contributed by atoms with Crippen LogP contribution in [0, 0.1) is 0 Å². The van der Waals surface area contributed by atoms with Gasteiger partial charge < -0.3 is 15.4 Å². The van der Waals surface area contributed by atoms with Gasteiger partial charge in [-0.2, -0.15) is 0 Å². The number of ether oxygens (including phenoxy) is 1. The third kappa shape index (κ3) is 5.59. The van der Waals surface area contributed by atoms with E-state index in [-0.39, 0.29) is 18.2 Å². The minimum Gasteiger partial charge on any atom is -0.462 e. The maximum atomic E-state index is 12.5. The Labute approximate surface area is 151 Å². The first-order valence-electron chi connectivity index (χ1n) is 8.12. The van der Waals surface area contributed by atoms with Crippen LogP contribution in [-0.2, 0) is 14.3 Å². The largest absolute Gasteiger partial charge is 0.462 e. The number of rotatable bonds is 6. The molecule has 2 amide bonds. The standard InChI is InChI=1S/C20H20N2O4/c1-3-26-20(25)16-10-7-11-17(13-16)22-19(24)18(21-14(2)23)12-15-8-5-4-6-9-15/h4-13H,3H2,1-2H3,(H,21,23)(H,22,24)/b18-12+. The van der Waals surface area contributed by atoms with Gasteiger partial charge in [0.15, 0.2) is 0 Å². The highest BCUT2D eigenvalue weighted by Crippen LogP contribution is 2.14. The number of hydrogen-bond acceptors (Lipinski definition) is 4. The van der Waals surface area contributed by atoms with E-state index in [1.54, 1.807) is 31.2 Å². The first-order chi connectivity index (χ1) is 12.5. The second-order valence-electron chi connectivity index (χ2n) is 5.41. The van der Waals surface area contributed by atoms with Gasteiger partial charge in [-0.05, 0) is 36.8 Å². The van der Waals surface area contributed by atoms with E-state index >= 15 is 0 Å². The molecule has 6 nitrogen and oxygen atoms in total. The summed E-state index contributed by atoms with van der Waals surface area (Å²) in [6, 6.07) is 15.6. The van der Waals surface area contributed by atoms with E-state index in [1.807, 2.05) is 30.3 Å². The first kappa shape index (κ1) is 18.9. The van der Waals surface area contributed by atoms with Crippen LogP contribution in [0.25, 0.3) is 6.08 Å². The number of anilines is 1. The lowest BCUT2D eigenvalue weighted by Crippen LogP contribution is -2.29. The van der Waals surface area contributed by atoms with Crippen molar-refractivity contribution in [2.24, 2.45) is 0 Å². The Morgan fingerprint density at radius 1 is 1.04 bits per heavy atom. The molecule has 2 rings (SSSR count). The van der Waals surface area contributed by atoms with Crippen molar-refractivity contribution in [1.82, 2.24) is 5.32 Å². The molecule has 0 fully saturated rings. The lowest BCUT2D eigenvalue weighted by atomic mass is 10.1. The molecule has 0 radical (unpaired) electrons. The van der Waals surface area contributed by atoms with Crippen LogP contribution in [0.4, 0.5) is 5.69 Å². The molecule has 134 valence electrons. The van der Waals surface area contributed by atoms with Crippen LogP contribution >= 0.6 is 0 Å². The maximum Gasteiger partial charge on any atom is 0.338 e. The van der Waals surface area contributed by atoms with Crippen molar-refractivity contribution in [3.63, 3.8) is 0 Å². The molecule has 0 aromatic heterocycles. The zero-order valence-corrected chi connectivity index (χ0v) is 14.6. The van der Waals surface area contributed by atoms with E-state index < -0.39 is 11.9 Å². The Hall–Kier alpha value is -3.41. The fourth-order valence-corrected chi connectivity index (χ4v) is 2.20. The van der Waals surface area contributed by atoms with Crippen LogP contribution in [0.3, 0.4) is 0 Å². The Kier molecular flexibility index (Phi) is 6.68. The Morgan fingerprint density at radius 2 is 1.77 bits per heavy atom. The van der Waals surface area contributed by atoms with Crippen LogP contribution in [0.2, 0.25) is 0 Å². The summed E-state index contributed by atoms with van der Waals surface area (Å²) in [5.41, 5.74) is 1.62. The summed E-state index contributed by atoms with van der Waals surface area (Å²) in [6.45, 7) is 3.31. The fraction of sp³-hybridized carbons (Fsp3) is 0.150. The van der Waals surface area contributed by atoms with Crippen LogP contribution in [-0.4, -0.2) is 24.4 Å². The predicted molar refractivity (Wildman–Crippen MR) is 99.3 cm³/mol. The van der Waals surface area contributed by atoms with Gasteiger partial charge in [-0.25, -0.2) is 4.79 Å². The lowest BCUT2D eigenvalue weighted by Gasteiger charge is -2.11. The third-order valence-electron chi connectivity index (χ3n) is 3.30. The minimum absolute atomic E-state index is 0.102. The maximum absolute atomic E-state index is 12.5. The van der Waals surface area contributed by atoms with Gasteiger partial charge in [-0.3, -0.25) is 9.59 Å². The molecule has 0 atom stereocenters. The second kappa shape index (κ2) is 9.17. The van der Waals surface area contributed by atoms with Crippen LogP contribution in [0.1, 0.15) is 29.8 Å². The highest BCUT2D eigenvalue weighted by atomic mass is 16.5. The summed E-state index contributed by atoms with van der Waals surface area (Å²) >= 11 is 0. The number of esters is 1. The van der Waals surface area contributed by atoms with Crippen LogP contribution in [0.5, 0.6) is 0 Å². The summed E-state index contributed by atoms with van der Waals surface area (Å²) in [6.07, 6.45) is 1.58. The lowest BCUT2D eigenvalue weighted by molar-refractivity contribution is -0.120. The van der Waals surface area contributed by atoms with E-state index in [4.69, 9.17) is 4.74 Å². The number of amides is 2. The summed E-state index contributed by atoms with van der Waals surface area (Å²) < 4.78 is 4.95. The molecule has 0 saturated carbocycles. The fourth-order valence-electron chi connectivity index (χ4n) is 2.20. The smallest absolute Gasteiger partial charge is 0.338 e. The van der Waals surface area contributed by atoms with Gasteiger partial charge in [0, 0.05) is 12.6 Å². The molecule has 0 heterocycles. The van der Waals surface area contributed by atoms with Crippen molar-refractivity contribution in [3.8, 4) is 0 Å². The van der Waals surface area contributed by atoms with Crippen molar-refractivity contribution >= 4 is 29.5 Å². The molecular weight excluding hydrogens is 332 g/mol. The number of carbonyl (C=O) groups is 3. The van der Waals surface area contributed by atoms with Crippen molar-refractivity contribution in [1.29, 1.82) is 0 Å². The highest BCUT2D eigenvalue weighted by Gasteiger charge is 2.13. The van der Waals surface area contributed by atoms with E-state index in [0.717, 1.165) is 5.56 Å². The van der Waals surface area contributed by atoms with Crippen molar-refractivity contribution in [2.45, 2.75) is 13.8 Å². The summed E-state index contributed by atoms with van der Waals surface area (Å²) in [5.74, 6) is -1.32. The van der Waals surface area contributed by atoms with Gasteiger partial charge in [0.25, 0.3) is 5.91 Å². The van der Waals surface area contributed by atoms with E-state index in [0.29, 0.717) is 11.3 Å². The van der Waals surface area contributed by atoms with Gasteiger partial charge in [0.05, 0.1) is 12.2 Å². The van der Waals surface area contributed by atoms with Crippen molar-refractivity contribution < 1.29 is 19.1 Å². The molecule has 0 bridgehead atoms. The molecule has 2 aromatic rings. The van der Waals surface area contributed by atoms with Crippen molar-refractivity contribution in [3.05, 3.63) is 71.4 Å². The third-order valence-corrected chi connectivity index (χ3v) is 3.30. The average molecular weight is 352 g/mol. The normalized spacial score (nSPS) is 10.8. The van der Waals surface area contributed by atoms with E-state index in [1.165, 1.54) is 13.0 Å². The highest BCUT2D eigenvalue weighted by molar-refractivity contribution is 6.08. The topological polar surface area (TPSA) is 84.5 Å². The molecule has 2 N–H and O–H groups in total. The Balaban J connectivity index is 2.22. The summed E-state index contributed by atoms with van der Waals surface area (Å²) in [7, 11) is 0. The molecule has 0 aliphatic heterocycles. The molecular formula is C20H20N2O4. The van der Waals surface area contributed by atoms with E-state index in [2.05, 4.69) is 10.6 Å². The van der Waals surface area contributed by atoms with Gasteiger partial charge >= 0.3 is 5.97 Å². The molecule has 0 spiro atoms. The Morgan fingerprint density at radius 3 is 2.42 bits per heavy atom. The van der Waals surface area contributed by atoms with Crippen molar-refractivity contribution in [2.75, 3.05) is 11.9 Å². The number of hydrogen-bond donors (Lipinski definition) is 2. The van der Waals surface area contributed by atoms with Gasteiger partial charge in [0.1, 0.15) is 5.70 Å². The zero-order chi connectivity index (χ0) is 18.9. The quantitative estimate of drug-likeness (QED) is 0.618. The monoisotopic (exact) mass is 352 g/mol. The van der Waals surface area contributed by atoms with E-state index in [9.17, 15) is 14.4 Å². The molecule has 0 saturated heterocycles. The molecule has 26 heavy (non-hydrogen) atoms. The molecule has 6 heteroatoms. The summed E-state index contributed by atoms with van der Waals surface area (Å²) in [4.78, 5) is 35.8. The molecule has 0 unspecified atom stereocenters. The number of carbonyl (C=O) groups excluding carboxylic acids is 3. The first-order valence-corrected chi connectivity index (χ1v) is 8.12. The van der Waals surface area contributed by atoms with Crippen LogP contribution < -0.4 is 10.6 Å². The zero-order valence-electron chi connectivity index (χ0n) is 14.6. The number of nitrogens with one attached hydrogen (secondary N) is 2. The SMILES string of the molecule is CCOC(=O)c1cccc(NC(=O)/C(=C\c2ccccc2)NC(C)=O)c1. The molecule has 0 aliphatic rings. The Bertz CT molecular complexity index is 829. The molecule has 0 aliphatic carbocycles. The van der Waals surface area contributed by atoms with Crippen LogP contribution in [0.15, 0.2) is 60.3 Å². The van der Waals surface area contributed by atoms with Gasteiger partial charge in [0.2, 0.25) is 5.91 Å². The van der Waals surface area contributed by atoms with Gasteiger partial charge in [-0.15, -0.1) is 0 Å². The molecule has 2 aromatic carbocycles. The predicted octanol–water partition coefficient (Wildman–Crippen LogP) is 2.98. The second-order valence-corrected chi connectivity index (χ2v) is 5.41. The average Bonchev–Trinajstić information content (AvgIpc) is 2.62. The number of benzene rings is 2. The van der Waals surface area contributed by atoms with Gasteiger partial charge in [-0.1, -0.05) is 36.4 Å². The minimum atomic E-state index is -0.495. The summed E-state index contributed by atoms with van der Waals surface area (Å²) in [5, 5.41) is 5.20.